The molecule has 0 aliphatic carbocycles. The zero-order valence-corrected chi connectivity index (χ0v) is 18.8. The third kappa shape index (κ3) is 5.46. The molecule has 1 aliphatic heterocycles. The third-order valence-electron chi connectivity index (χ3n) is 6.15. The molecule has 1 fully saturated rings. The highest BCUT2D eigenvalue weighted by Gasteiger charge is 2.19. The highest BCUT2D eigenvalue weighted by molar-refractivity contribution is 5.66. The summed E-state index contributed by atoms with van der Waals surface area (Å²) in [5, 5.41) is 13.0. The second kappa shape index (κ2) is 10.8. The van der Waals surface area contributed by atoms with Gasteiger partial charge in [-0.1, -0.05) is 42.5 Å². The minimum Gasteiger partial charge on any atom is -0.370 e. The summed E-state index contributed by atoms with van der Waals surface area (Å²) >= 11 is 0. The molecule has 0 radical (unpaired) electrons. The van der Waals surface area contributed by atoms with E-state index in [0.717, 1.165) is 68.3 Å². The standard InChI is InChI=1S/C27H31N5/c1-22-8-7-11-26(25(22)21-28)32-18-16-31(17-19-32)15-6-5-13-29-27-20-24(12-14-30-27)23-9-3-2-4-10-23/h2-4,7-12,14,20H,5-6,13,15-19H2,1H3,(H,29,30). The maximum atomic E-state index is 9.51. The Bertz CT molecular complexity index is 1050. The molecule has 164 valence electrons. The molecule has 3 aromatic rings. The van der Waals surface area contributed by atoms with Gasteiger partial charge in [-0.05, 0) is 61.2 Å². The zero-order chi connectivity index (χ0) is 22.2. The quantitative estimate of drug-likeness (QED) is 0.518. The molecule has 1 saturated heterocycles. The fourth-order valence-electron chi connectivity index (χ4n) is 4.29. The molecule has 1 aliphatic rings. The molecular weight excluding hydrogens is 394 g/mol. The summed E-state index contributed by atoms with van der Waals surface area (Å²) < 4.78 is 0. The normalized spacial score (nSPS) is 14.2. The highest BCUT2D eigenvalue weighted by Crippen LogP contribution is 2.24. The molecule has 1 N–H and O–H groups in total. The van der Waals surface area contributed by atoms with Gasteiger partial charge in [0.25, 0.3) is 0 Å². The Morgan fingerprint density at radius 3 is 2.53 bits per heavy atom. The number of benzene rings is 2. The van der Waals surface area contributed by atoms with E-state index in [1.54, 1.807) is 0 Å². The monoisotopic (exact) mass is 425 g/mol. The molecular formula is C27H31N5. The minimum atomic E-state index is 0.817. The van der Waals surface area contributed by atoms with E-state index in [4.69, 9.17) is 0 Å². The number of pyridine rings is 1. The molecule has 32 heavy (non-hydrogen) atoms. The van der Waals surface area contributed by atoms with Crippen molar-refractivity contribution in [3.63, 3.8) is 0 Å². The maximum Gasteiger partial charge on any atom is 0.126 e. The van der Waals surface area contributed by atoms with Gasteiger partial charge in [0.1, 0.15) is 11.9 Å². The summed E-state index contributed by atoms with van der Waals surface area (Å²) in [7, 11) is 0. The van der Waals surface area contributed by atoms with Crippen LogP contribution in [0.4, 0.5) is 11.5 Å². The number of nitrogens with zero attached hydrogens (tertiary/aromatic N) is 4. The number of anilines is 2. The Morgan fingerprint density at radius 2 is 1.75 bits per heavy atom. The van der Waals surface area contributed by atoms with Crippen LogP contribution in [0.5, 0.6) is 0 Å². The van der Waals surface area contributed by atoms with Crippen molar-refractivity contribution in [3.05, 3.63) is 78.0 Å². The first kappa shape index (κ1) is 21.9. The number of unbranched alkanes of at least 4 members (excludes halogenated alkanes) is 1. The first-order valence-corrected chi connectivity index (χ1v) is 11.5. The van der Waals surface area contributed by atoms with Crippen molar-refractivity contribution in [1.29, 1.82) is 5.26 Å². The lowest BCUT2D eigenvalue weighted by molar-refractivity contribution is 0.254. The van der Waals surface area contributed by atoms with Crippen molar-refractivity contribution >= 4 is 11.5 Å². The first-order valence-electron chi connectivity index (χ1n) is 11.5. The van der Waals surface area contributed by atoms with E-state index in [9.17, 15) is 5.26 Å². The van der Waals surface area contributed by atoms with Crippen LogP contribution in [0.25, 0.3) is 11.1 Å². The molecule has 5 nitrogen and oxygen atoms in total. The van der Waals surface area contributed by atoms with Crippen LogP contribution in [0.15, 0.2) is 66.9 Å². The second-order valence-corrected chi connectivity index (χ2v) is 8.34. The van der Waals surface area contributed by atoms with E-state index >= 15 is 0 Å². The number of aromatic nitrogens is 1. The van der Waals surface area contributed by atoms with Gasteiger partial charge in [-0.3, -0.25) is 4.90 Å². The number of piperazine rings is 1. The molecule has 0 saturated carbocycles. The van der Waals surface area contributed by atoms with Gasteiger partial charge in [0.2, 0.25) is 0 Å². The van der Waals surface area contributed by atoms with Crippen LogP contribution in [0.3, 0.4) is 0 Å². The minimum absolute atomic E-state index is 0.817. The molecule has 2 aromatic carbocycles. The fraction of sp³-hybridized carbons (Fsp3) is 0.333. The van der Waals surface area contributed by atoms with Gasteiger partial charge in [-0.2, -0.15) is 5.26 Å². The van der Waals surface area contributed by atoms with Gasteiger partial charge in [-0.25, -0.2) is 4.98 Å². The van der Waals surface area contributed by atoms with E-state index in [2.05, 4.69) is 74.7 Å². The van der Waals surface area contributed by atoms with Crippen LogP contribution in [-0.2, 0) is 0 Å². The molecule has 0 amide bonds. The van der Waals surface area contributed by atoms with Gasteiger partial charge in [0.05, 0.1) is 11.3 Å². The van der Waals surface area contributed by atoms with Crippen molar-refractivity contribution in [1.82, 2.24) is 9.88 Å². The van der Waals surface area contributed by atoms with Crippen molar-refractivity contribution in [3.8, 4) is 17.2 Å². The molecule has 5 heteroatoms. The van der Waals surface area contributed by atoms with E-state index in [-0.39, 0.29) is 0 Å². The molecule has 0 bridgehead atoms. The molecule has 2 heterocycles. The van der Waals surface area contributed by atoms with Crippen molar-refractivity contribution in [2.24, 2.45) is 0 Å². The molecule has 4 rings (SSSR count). The molecule has 0 spiro atoms. The van der Waals surface area contributed by atoms with Crippen LogP contribution < -0.4 is 10.2 Å². The Kier molecular flexibility index (Phi) is 7.37. The largest absolute Gasteiger partial charge is 0.370 e. The summed E-state index contributed by atoms with van der Waals surface area (Å²) in [6.45, 7) is 8.12. The predicted molar refractivity (Wildman–Crippen MR) is 132 cm³/mol. The molecule has 0 atom stereocenters. The maximum absolute atomic E-state index is 9.51. The SMILES string of the molecule is Cc1cccc(N2CCN(CCCCNc3cc(-c4ccccc4)ccn3)CC2)c1C#N. The number of rotatable bonds is 8. The Labute approximate surface area is 191 Å². The number of aryl methyl sites for hydroxylation is 1. The average Bonchev–Trinajstić information content (AvgIpc) is 2.85. The Hall–Kier alpha value is -3.36. The van der Waals surface area contributed by atoms with Gasteiger partial charge in [-0.15, -0.1) is 0 Å². The van der Waals surface area contributed by atoms with E-state index in [1.807, 2.05) is 25.3 Å². The van der Waals surface area contributed by atoms with E-state index in [0.29, 0.717) is 0 Å². The smallest absolute Gasteiger partial charge is 0.126 e. The number of hydrogen-bond donors (Lipinski definition) is 1. The highest BCUT2D eigenvalue weighted by atomic mass is 15.3. The summed E-state index contributed by atoms with van der Waals surface area (Å²) in [5.74, 6) is 0.936. The Balaban J connectivity index is 1.18. The van der Waals surface area contributed by atoms with Crippen LogP contribution in [-0.4, -0.2) is 49.2 Å². The predicted octanol–water partition coefficient (Wildman–Crippen LogP) is 4.94. The summed E-state index contributed by atoms with van der Waals surface area (Å²) in [5.41, 5.74) is 5.36. The fourth-order valence-corrected chi connectivity index (χ4v) is 4.29. The van der Waals surface area contributed by atoms with Crippen LogP contribution in [0, 0.1) is 18.3 Å². The van der Waals surface area contributed by atoms with Gasteiger partial charge in [0, 0.05) is 38.9 Å². The van der Waals surface area contributed by atoms with Gasteiger partial charge in [0.15, 0.2) is 0 Å². The van der Waals surface area contributed by atoms with Crippen LogP contribution in [0.1, 0.15) is 24.0 Å². The van der Waals surface area contributed by atoms with Crippen molar-refractivity contribution in [2.45, 2.75) is 19.8 Å². The van der Waals surface area contributed by atoms with Crippen LogP contribution in [0.2, 0.25) is 0 Å². The van der Waals surface area contributed by atoms with Crippen molar-refractivity contribution < 1.29 is 0 Å². The number of hydrogen-bond acceptors (Lipinski definition) is 5. The lowest BCUT2D eigenvalue weighted by Gasteiger charge is -2.36. The number of nitrogens with one attached hydrogen (secondary N) is 1. The summed E-state index contributed by atoms with van der Waals surface area (Å²) in [6.07, 6.45) is 4.16. The summed E-state index contributed by atoms with van der Waals surface area (Å²) in [6, 6.07) is 23.1. The average molecular weight is 426 g/mol. The lowest BCUT2D eigenvalue weighted by atomic mass is 10.1. The molecule has 0 unspecified atom stereocenters. The number of nitriles is 1. The third-order valence-corrected chi connectivity index (χ3v) is 6.15. The second-order valence-electron chi connectivity index (χ2n) is 8.34. The van der Waals surface area contributed by atoms with Gasteiger partial charge >= 0.3 is 0 Å². The van der Waals surface area contributed by atoms with Crippen LogP contribution >= 0.6 is 0 Å². The van der Waals surface area contributed by atoms with E-state index in [1.165, 1.54) is 17.5 Å². The van der Waals surface area contributed by atoms with Crippen molar-refractivity contribution in [2.75, 3.05) is 49.5 Å². The topological polar surface area (TPSA) is 55.2 Å². The summed E-state index contributed by atoms with van der Waals surface area (Å²) in [4.78, 5) is 9.35. The first-order chi connectivity index (χ1) is 15.7. The Morgan fingerprint density at radius 1 is 0.938 bits per heavy atom. The zero-order valence-electron chi connectivity index (χ0n) is 18.8. The van der Waals surface area contributed by atoms with Gasteiger partial charge < -0.3 is 10.2 Å². The van der Waals surface area contributed by atoms with E-state index < -0.39 is 0 Å². The lowest BCUT2D eigenvalue weighted by Crippen LogP contribution is -2.47. The molecule has 1 aromatic heterocycles.